The van der Waals surface area contributed by atoms with Crippen molar-refractivity contribution in [3.8, 4) is 6.07 Å². The van der Waals surface area contributed by atoms with Crippen LogP contribution in [0.1, 0.15) is 22.4 Å². The predicted molar refractivity (Wildman–Crippen MR) is 108 cm³/mol. The maximum atomic E-state index is 13.2. The van der Waals surface area contributed by atoms with Crippen LogP contribution in [0, 0.1) is 21.4 Å². The van der Waals surface area contributed by atoms with Crippen LogP contribution < -0.4 is 5.56 Å². The summed E-state index contributed by atoms with van der Waals surface area (Å²) in [5.74, 6) is 0. The first-order valence-electron chi connectivity index (χ1n) is 8.56. The minimum atomic E-state index is -0.541. The van der Waals surface area contributed by atoms with Crippen LogP contribution in [-0.4, -0.2) is 14.5 Å². The lowest BCUT2D eigenvalue weighted by atomic mass is 10.2. The molecule has 0 saturated heterocycles. The fourth-order valence-electron chi connectivity index (χ4n) is 3.33. The van der Waals surface area contributed by atoms with Gasteiger partial charge in [0.05, 0.1) is 15.9 Å². The van der Waals surface area contributed by atoms with Gasteiger partial charge in [-0.25, -0.2) is 4.98 Å². The van der Waals surface area contributed by atoms with Crippen LogP contribution in [0.3, 0.4) is 0 Å². The molecule has 0 bridgehead atoms. The Balaban J connectivity index is 1.86. The van der Waals surface area contributed by atoms with E-state index in [-0.39, 0.29) is 16.8 Å². The van der Waals surface area contributed by atoms with Crippen molar-refractivity contribution in [3.05, 3.63) is 67.3 Å². The quantitative estimate of drug-likeness (QED) is 0.272. The van der Waals surface area contributed by atoms with Gasteiger partial charge in [0.1, 0.15) is 10.9 Å². The molecule has 7 nitrogen and oxygen atoms in total. The lowest BCUT2D eigenvalue weighted by Crippen LogP contribution is -2.22. The van der Waals surface area contributed by atoms with E-state index in [1.165, 1.54) is 23.1 Å². The van der Waals surface area contributed by atoms with Crippen LogP contribution in [0.5, 0.6) is 0 Å². The zero-order valence-electron chi connectivity index (χ0n) is 14.7. The third kappa shape index (κ3) is 3.00. The summed E-state index contributed by atoms with van der Waals surface area (Å²) in [7, 11) is 0. The molecule has 0 N–H and O–H groups in total. The van der Waals surface area contributed by atoms with Crippen LogP contribution in [0.4, 0.5) is 5.69 Å². The molecule has 3 aromatic rings. The van der Waals surface area contributed by atoms with E-state index >= 15 is 0 Å². The van der Waals surface area contributed by atoms with Crippen LogP contribution in [0.25, 0.3) is 10.2 Å². The second kappa shape index (κ2) is 7.22. The van der Waals surface area contributed by atoms with Gasteiger partial charge in [-0.05, 0) is 30.9 Å². The number of benzene rings is 1. The highest BCUT2D eigenvalue weighted by Gasteiger charge is 2.23. The first-order chi connectivity index (χ1) is 13.5. The second-order valence-corrected chi connectivity index (χ2v) is 8.38. The summed E-state index contributed by atoms with van der Waals surface area (Å²) in [6.45, 7) is 4.02. The van der Waals surface area contributed by atoms with Gasteiger partial charge in [0, 0.05) is 28.5 Å². The molecule has 0 unspecified atom stereocenters. The monoisotopic (exact) mass is 410 g/mol. The Labute approximate surface area is 168 Å². The first kappa shape index (κ1) is 18.4. The number of nitro benzene ring substituents is 1. The minimum Gasteiger partial charge on any atom is -0.283 e. The normalized spacial score (nSPS) is 12.7. The molecule has 1 aliphatic rings. The molecule has 0 saturated carbocycles. The molecule has 0 radical (unpaired) electrons. The lowest BCUT2D eigenvalue weighted by Gasteiger charge is -2.11. The largest absolute Gasteiger partial charge is 0.283 e. The average molecular weight is 410 g/mol. The van der Waals surface area contributed by atoms with Gasteiger partial charge in [0.15, 0.2) is 5.16 Å². The summed E-state index contributed by atoms with van der Waals surface area (Å²) in [5.41, 5.74) is 1.03. The smallest absolute Gasteiger partial charge is 0.270 e. The summed E-state index contributed by atoms with van der Waals surface area (Å²) in [5, 5.41) is 21.5. The molecular weight excluding hydrogens is 396 g/mol. The molecular formula is C19H14N4O3S2. The van der Waals surface area contributed by atoms with E-state index in [0.29, 0.717) is 26.8 Å². The fraction of sp³-hybridized carbons (Fsp3) is 0.211. The number of hydrogen-bond donors (Lipinski definition) is 0. The summed E-state index contributed by atoms with van der Waals surface area (Å²) < 4.78 is 1.55. The number of nitrogens with zero attached hydrogens (tertiary/aromatic N) is 4. The van der Waals surface area contributed by atoms with Gasteiger partial charge >= 0.3 is 0 Å². The standard InChI is InChI=1S/C19H14N4O3S2/c1-2-8-22-18(24)16-13-4-3-5-15(13)27-17(16)21-19(22)28-14-7-6-12(23(25)26)9-11(14)10-20/h2,6-7,9H,1,3-5,8H2. The van der Waals surface area contributed by atoms with Crippen molar-refractivity contribution in [1.82, 2.24) is 9.55 Å². The molecule has 9 heteroatoms. The average Bonchev–Trinajstić information content (AvgIpc) is 3.25. The van der Waals surface area contributed by atoms with Crippen LogP contribution in [0.2, 0.25) is 0 Å². The SMILES string of the molecule is C=CCn1c(Sc2ccc([N+](=O)[O-])cc2C#N)nc2sc3c(c2c1=O)CCC3. The second-order valence-electron chi connectivity index (χ2n) is 6.29. The number of allylic oxidation sites excluding steroid dienone is 1. The number of nitro groups is 1. The zero-order chi connectivity index (χ0) is 19.8. The zero-order valence-corrected chi connectivity index (χ0v) is 16.3. The highest BCUT2D eigenvalue weighted by Crippen LogP contribution is 2.37. The Hall–Kier alpha value is -2.96. The van der Waals surface area contributed by atoms with E-state index < -0.39 is 4.92 Å². The van der Waals surface area contributed by atoms with Gasteiger partial charge in [-0.1, -0.05) is 17.8 Å². The maximum Gasteiger partial charge on any atom is 0.270 e. The van der Waals surface area contributed by atoms with Gasteiger partial charge in [0.2, 0.25) is 0 Å². The van der Waals surface area contributed by atoms with Crippen molar-refractivity contribution in [3.63, 3.8) is 0 Å². The maximum absolute atomic E-state index is 13.2. The van der Waals surface area contributed by atoms with E-state index in [2.05, 4.69) is 6.58 Å². The molecule has 2 aromatic heterocycles. The van der Waals surface area contributed by atoms with E-state index in [9.17, 15) is 20.2 Å². The minimum absolute atomic E-state index is 0.104. The van der Waals surface area contributed by atoms with Crippen LogP contribution in [0.15, 0.2) is 45.7 Å². The first-order valence-corrected chi connectivity index (χ1v) is 10.2. The van der Waals surface area contributed by atoms with E-state index in [4.69, 9.17) is 4.98 Å². The fourth-order valence-corrected chi connectivity index (χ4v) is 5.59. The van der Waals surface area contributed by atoms with Gasteiger partial charge < -0.3 is 0 Å². The van der Waals surface area contributed by atoms with Crippen molar-refractivity contribution in [2.24, 2.45) is 0 Å². The Morgan fingerprint density at radius 2 is 2.29 bits per heavy atom. The van der Waals surface area contributed by atoms with E-state index in [0.717, 1.165) is 36.6 Å². The van der Waals surface area contributed by atoms with Gasteiger partial charge in [-0.2, -0.15) is 5.26 Å². The highest BCUT2D eigenvalue weighted by molar-refractivity contribution is 7.99. The van der Waals surface area contributed by atoms with Crippen molar-refractivity contribution in [2.75, 3.05) is 0 Å². The number of fused-ring (bicyclic) bond motifs is 3. The number of rotatable bonds is 5. The van der Waals surface area contributed by atoms with E-state index in [1.807, 2.05) is 6.07 Å². The van der Waals surface area contributed by atoms with Crippen molar-refractivity contribution >= 4 is 39.0 Å². The molecule has 4 rings (SSSR count). The third-order valence-corrected chi connectivity index (χ3v) is 6.85. The van der Waals surface area contributed by atoms with E-state index in [1.54, 1.807) is 22.0 Å². The Bertz CT molecular complexity index is 1240. The number of aryl methyl sites for hydroxylation is 2. The summed E-state index contributed by atoms with van der Waals surface area (Å²) in [4.78, 5) is 30.7. The topological polar surface area (TPSA) is 102 Å². The number of thiophene rings is 1. The molecule has 2 heterocycles. The highest BCUT2D eigenvalue weighted by atomic mass is 32.2. The molecule has 1 aromatic carbocycles. The number of non-ortho nitro benzene ring substituents is 1. The van der Waals surface area contributed by atoms with Gasteiger partial charge in [-0.15, -0.1) is 17.9 Å². The van der Waals surface area contributed by atoms with Crippen molar-refractivity contribution < 1.29 is 4.92 Å². The molecule has 0 amide bonds. The molecule has 1 aliphatic carbocycles. The lowest BCUT2D eigenvalue weighted by molar-refractivity contribution is -0.384. The Morgan fingerprint density at radius 3 is 3.00 bits per heavy atom. The molecule has 0 aliphatic heterocycles. The summed E-state index contributed by atoms with van der Waals surface area (Å²) >= 11 is 2.71. The molecule has 28 heavy (non-hydrogen) atoms. The predicted octanol–water partition coefficient (Wildman–Crippen LogP) is 4.06. The molecule has 140 valence electrons. The van der Waals surface area contributed by atoms with Crippen molar-refractivity contribution in [2.45, 2.75) is 35.9 Å². The van der Waals surface area contributed by atoms with Gasteiger partial charge in [0.25, 0.3) is 11.2 Å². The number of nitriles is 1. The summed E-state index contributed by atoms with van der Waals surface area (Å²) in [6.07, 6.45) is 4.56. The Kier molecular flexibility index (Phi) is 4.75. The molecule has 0 spiro atoms. The number of aromatic nitrogens is 2. The molecule has 0 atom stereocenters. The van der Waals surface area contributed by atoms with Crippen molar-refractivity contribution in [1.29, 1.82) is 5.26 Å². The third-order valence-electron chi connectivity index (χ3n) is 4.60. The number of hydrogen-bond acceptors (Lipinski definition) is 7. The van der Waals surface area contributed by atoms with Gasteiger partial charge in [-0.3, -0.25) is 19.5 Å². The van der Waals surface area contributed by atoms with Crippen LogP contribution in [-0.2, 0) is 19.4 Å². The summed E-state index contributed by atoms with van der Waals surface area (Å²) in [6, 6.07) is 6.08. The van der Waals surface area contributed by atoms with Crippen LogP contribution >= 0.6 is 23.1 Å². The molecule has 0 fully saturated rings. The Morgan fingerprint density at radius 1 is 1.46 bits per heavy atom.